The molecule has 1 fully saturated rings. The van der Waals surface area contributed by atoms with Gasteiger partial charge in [0, 0.05) is 18.8 Å². The van der Waals surface area contributed by atoms with Gasteiger partial charge in [-0.05, 0) is 25.2 Å². The van der Waals surface area contributed by atoms with Crippen LogP contribution in [0.15, 0.2) is 9.00 Å². The van der Waals surface area contributed by atoms with Gasteiger partial charge in [-0.2, -0.15) is 4.31 Å². The molecular formula is C13H22N2O3S2. The molecule has 114 valence electrons. The Morgan fingerprint density at radius 1 is 1.25 bits per heavy atom. The molecule has 0 atom stereocenters. The predicted molar refractivity (Wildman–Crippen MR) is 80.7 cm³/mol. The van der Waals surface area contributed by atoms with E-state index in [1.165, 1.54) is 4.31 Å². The van der Waals surface area contributed by atoms with Crippen LogP contribution in [0.3, 0.4) is 0 Å². The van der Waals surface area contributed by atoms with Gasteiger partial charge >= 0.3 is 4.87 Å². The van der Waals surface area contributed by atoms with Crippen LogP contribution in [0.4, 0.5) is 0 Å². The number of thiazole rings is 1. The van der Waals surface area contributed by atoms with Gasteiger partial charge in [0.15, 0.2) is 4.21 Å². The summed E-state index contributed by atoms with van der Waals surface area (Å²) in [6, 6.07) is 0. The summed E-state index contributed by atoms with van der Waals surface area (Å²) in [5.74, 6) is 0. The van der Waals surface area contributed by atoms with E-state index in [0.29, 0.717) is 18.8 Å². The van der Waals surface area contributed by atoms with E-state index in [9.17, 15) is 13.2 Å². The summed E-state index contributed by atoms with van der Waals surface area (Å²) in [5.41, 5.74) is 0.731. The Balaban J connectivity index is 2.22. The number of aryl methyl sites for hydroxylation is 1. The van der Waals surface area contributed by atoms with E-state index >= 15 is 0 Å². The molecule has 0 aromatic carbocycles. The van der Waals surface area contributed by atoms with Crippen LogP contribution >= 0.6 is 11.3 Å². The highest BCUT2D eigenvalue weighted by Crippen LogP contribution is 2.39. The van der Waals surface area contributed by atoms with Crippen molar-refractivity contribution in [1.82, 2.24) is 9.29 Å². The van der Waals surface area contributed by atoms with Crippen LogP contribution in [0, 0.1) is 12.3 Å². The second kappa shape index (κ2) is 5.61. The van der Waals surface area contributed by atoms with Crippen molar-refractivity contribution in [1.29, 1.82) is 0 Å². The first-order valence-electron chi connectivity index (χ1n) is 7.04. The third-order valence-electron chi connectivity index (χ3n) is 4.64. The highest BCUT2D eigenvalue weighted by Gasteiger charge is 2.37. The number of nitrogens with zero attached hydrogens (tertiary/aromatic N) is 1. The Kier molecular flexibility index (Phi) is 4.41. The molecule has 0 radical (unpaired) electrons. The normalized spacial score (nSPS) is 20.1. The monoisotopic (exact) mass is 318 g/mol. The van der Waals surface area contributed by atoms with E-state index in [1.807, 2.05) is 0 Å². The maximum absolute atomic E-state index is 12.6. The van der Waals surface area contributed by atoms with Crippen LogP contribution in [0.2, 0.25) is 0 Å². The number of aromatic nitrogens is 1. The highest BCUT2D eigenvalue weighted by molar-refractivity contribution is 7.91. The lowest BCUT2D eigenvalue weighted by atomic mass is 9.75. The molecule has 1 aromatic heterocycles. The zero-order chi connectivity index (χ0) is 15.0. The number of nitrogens with one attached hydrogen (secondary N) is 1. The van der Waals surface area contributed by atoms with Gasteiger partial charge in [-0.25, -0.2) is 8.42 Å². The van der Waals surface area contributed by atoms with Gasteiger partial charge in [-0.3, -0.25) is 4.79 Å². The third-order valence-corrected chi connectivity index (χ3v) is 8.12. The second-order valence-corrected chi connectivity index (χ2v) is 8.65. The number of sulfonamides is 1. The van der Waals surface area contributed by atoms with Crippen molar-refractivity contribution in [2.45, 2.75) is 50.7 Å². The summed E-state index contributed by atoms with van der Waals surface area (Å²) in [5, 5.41) is 0. The standard InChI is InChI=1S/C13H22N2O3S2/c1-4-13(5-2)6-8-15(9-7-13)20(17,18)11-10(3)14-12(16)19-11/h4-9H2,1-3H3,(H,14,16). The molecule has 0 unspecified atom stereocenters. The largest absolute Gasteiger partial charge is 0.315 e. The summed E-state index contributed by atoms with van der Waals surface area (Å²) in [7, 11) is -3.52. The Bertz CT molecular complexity index is 616. The van der Waals surface area contributed by atoms with Gasteiger partial charge in [0.1, 0.15) is 0 Å². The number of hydrogen-bond acceptors (Lipinski definition) is 4. The molecule has 0 bridgehead atoms. The average molecular weight is 318 g/mol. The van der Waals surface area contributed by atoms with E-state index in [4.69, 9.17) is 0 Å². The van der Waals surface area contributed by atoms with E-state index < -0.39 is 10.0 Å². The summed E-state index contributed by atoms with van der Waals surface area (Å²) < 4.78 is 26.9. The molecule has 0 saturated carbocycles. The zero-order valence-electron chi connectivity index (χ0n) is 12.2. The molecule has 1 N–H and O–H groups in total. The maximum atomic E-state index is 12.6. The fourth-order valence-corrected chi connectivity index (χ4v) is 5.79. The lowest BCUT2D eigenvalue weighted by Crippen LogP contribution is -2.42. The Labute approximate surface area is 124 Å². The smallest absolute Gasteiger partial charge is 0.305 e. The number of H-pyrrole nitrogens is 1. The molecule has 1 aliphatic heterocycles. The van der Waals surface area contributed by atoms with Crippen molar-refractivity contribution in [2.75, 3.05) is 13.1 Å². The van der Waals surface area contributed by atoms with E-state index in [1.54, 1.807) is 6.92 Å². The molecule has 0 aliphatic carbocycles. The quantitative estimate of drug-likeness (QED) is 0.926. The lowest BCUT2D eigenvalue weighted by Gasteiger charge is -2.40. The van der Waals surface area contributed by atoms with Crippen molar-refractivity contribution in [2.24, 2.45) is 5.41 Å². The maximum Gasteiger partial charge on any atom is 0.305 e. The molecule has 2 heterocycles. The zero-order valence-corrected chi connectivity index (χ0v) is 13.9. The minimum Gasteiger partial charge on any atom is -0.315 e. The average Bonchev–Trinajstić information content (AvgIpc) is 2.78. The van der Waals surface area contributed by atoms with Crippen molar-refractivity contribution in [3.8, 4) is 0 Å². The van der Waals surface area contributed by atoms with Crippen molar-refractivity contribution >= 4 is 21.4 Å². The Morgan fingerprint density at radius 3 is 2.20 bits per heavy atom. The van der Waals surface area contributed by atoms with Gasteiger partial charge in [-0.1, -0.05) is 38.0 Å². The third kappa shape index (κ3) is 2.71. The predicted octanol–water partition coefficient (Wildman–Crippen LogP) is 2.34. The van der Waals surface area contributed by atoms with Crippen LogP contribution in [0.5, 0.6) is 0 Å². The fraction of sp³-hybridized carbons (Fsp3) is 0.769. The molecule has 7 heteroatoms. The van der Waals surface area contributed by atoms with Crippen molar-refractivity contribution < 1.29 is 8.42 Å². The van der Waals surface area contributed by atoms with E-state index in [-0.39, 0.29) is 14.5 Å². The van der Waals surface area contributed by atoms with E-state index in [2.05, 4.69) is 18.8 Å². The molecule has 5 nitrogen and oxygen atoms in total. The molecule has 20 heavy (non-hydrogen) atoms. The molecule has 1 aromatic rings. The lowest BCUT2D eigenvalue weighted by molar-refractivity contribution is 0.142. The first kappa shape index (κ1) is 15.7. The minimum atomic E-state index is -3.52. The van der Waals surface area contributed by atoms with Crippen LogP contribution in [-0.4, -0.2) is 30.8 Å². The summed E-state index contributed by atoms with van der Waals surface area (Å²) in [6.45, 7) is 7.09. The first-order valence-corrected chi connectivity index (χ1v) is 9.30. The number of hydrogen-bond donors (Lipinski definition) is 1. The highest BCUT2D eigenvalue weighted by atomic mass is 32.2. The Morgan fingerprint density at radius 2 is 1.80 bits per heavy atom. The minimum absolute atomic E-state index is 0.169. The molecule has 0 amide bonds. The molecule has 1 aliphatic rings. The first-order chi connectivity index (χ1) is 9.34. The second-order valence-electron chi connectivity index (χ2n) is 5.54. The van der Waals surface area contributed by atoms with Gasteiger partial charge in [0.25, 0.3) is 10.0 Å². The summed E-state index contributed by atoms with van der Waals surface area (Å²) >= 11 is 0.786. The summed E-state index contributed by atoms with van der Waals surface area (Å²) in [4.78, 5) is 13.6. The van der Waals surface area contributed by atoms with Crippen LogP contribution in [0.25, 0.3) is 0 Å². The SMILES string of the molecule is CCC1(CC)CCN(S(=O)(=O)c2sc(=O)[nH]c2C)CC1. The molecule has 1 saturated heterocycles. The van der Waals surface area contributed by atoms with E-state index in [0.717, 1.165) is 37.0 Å². The van der Waals surface area contributed by atoms with Gasteiger partial charge in [0.2, 0.25) is 0 Å². The van der Waals surface area contributed by atoms with Crippen LogP contribution in [0.1, 0.15) is 45.2 Å². The molecular weight excluding hydrogens is 296 g/mol. The summed E-state index contributed by atoms with van der Waals surface area (Å²) in [6.07, 6.45) is 3.98. The van der Waals surface area contributed by atoms with Crippen molar-refractivity contribution in [3.63, 3.8) is 0 Å². The number of piperidine rings is 1. The number of aromatic amines is 1. The van der Waals surface area contributed by atoms with Crippen LogP contribution < -0.4 is 4.87 Å². The van der Waals surface area contributed by atoms with Crippen LogP contribution in [-0.2, 0) is 10.0 Å². The van der Waals surface area contributed by atoms with Crippen molar-refractivity contribution in [3.05, 3.63) is 15.4 Å². The Hall–Kier alpha value is -0.660. The molecule has 0 spiro atoms. The van der Waals surface area contributed by atoms with Gasteiger partial charge in [0.05, 0.1) is 0 Å². The van der Waals surface area contributed by atoms with Gasteiger partial charge < -0.3 is 4.98 Å². The topological polar surface area (TPSA) is 70.2 Å². The van der Waals surface area contributed by atoms with Gasteiger partial charge in [-0.15, -0.1) is 0 Å². The number of rotatable bonds is 4. The molecule has 2 rings (SSSR count). The fourth-order valence-electron chi connectivity index (χ4n) is 2.91.